The molecule has 9 nitrogen and oxygen atoms in total. The van der Waals surface area contributed by atoms with Crippen molar-refractivity contribution in [3.8, 4) is 28.7 Å². The number of ether oxygens (including phenoxy) is 1. The molecule has 0 atom stereocenters. The second-order valence-electron chi connectivity index (χ2n) is 8.74. The second kappa shape index (κ2) is 8.84. The van der Waals surface area contributed by atoms with Gasteiger partial charge in [-0.05, 0) is 12.1 Å². The molecular weight excluding hydrogens is 501 g/mol. The number of nitrogens with one attached hydrogen (secondary N) is 1. The number of nitrogens with zero attached hydrogens (tertiary/aromatic N) is 4. The van der Waals surface area contributed by atoms with Crippen LogP contribution in [0.2, 0.25) is 10.0 Å². The molecule has 0 aliphatic carbocycles. The minimum absolute atomic E-state index is 0.101. The van der Waals surface area contributed by atoms with E-state index in [9.17, 15) is 8.42 Å². The molecule has 0 aliphatic heterocycles. The molecule has 0 amide bonds. The van der Waals surface area contributed by atoms with E-state index in [1.54, 1.807) is 23.9 Å². The number of imidazole rings is 1. The van der Waals surface area contributed by atoms with Crippen molar-refractivity contribution in [2.24, 2.45) is 7.05 Å². The molecule has 0 radical (unpaired) electrons. The third kappa shape index (κ3) is 4.90. The van der Waals surface area contributed by atoms with Gasteiger partial charge in [-0.25, -0.2) is 14.2 Å². The Balaban J connectivity index is 1.88. The summed E-state index contributed by atoms with van der Waals surface area (Å²) < 4.78 is 34.7. The largest absolute Gasteiger partial charge is 0.448 e. The summed E-state index contributed by atoms with van der Waals surface area (Å²) in [5.74, 6) is 0.557. The Bertz CT molecular complexity index is 1490. The Morgan fingerprint density at radius 1 is 1.15 bits per heavy atom. The Morgan fingerprint density at radius 3 is 2.47 bits per heavy atom. The van der Waals surface area contributed by atoms with Gasteiger partial charge in [0, 0.05) is 23.0 Å². The SMILES string of the molecule is Cn1nc(C(C)(C)C)c(Cl)c1-c1nc2cc(-c3ccccc3Cl)nc(OCOS(C)(=O)=O)c2[nH]1. The van der Waals surface area contributed by atoms with Gasteiger partial charge in [-0.1, -0.05) is 62.2 Å². The van der Waals surface area contributed by atoms with Crippen LogP contribution in [0.15, 0.2) is 30.3 Å². The van der Waals surface area contributed by atoms with Gasteiger partial charge in [0.25, 0.3) is 10.1 Å². The van der Waals surface area contributed by atoms with Crippen LogP contribution in [-0.2, 0) is 26.8 Å². The average Bonchev–Trinajstić information content (AvgIpc) is 3.27. The first kappa shape index (κ1) is 24.5. The van der Waals surface area contributed by atoms with E-state index >= 15 is 0 Å². The fourth-order valence-corrected chi connectivity index (χ4v) is 4.40. The molecule has 1 N–H and O–H groups in total. The molecular formula is C22H23Cl2N5O4S. The first-order chi connectivity index (χ1) is 15.8. The first-order valence-corrected chi connectivity index (χ1v) is 12.8. The highest BCUT2D eigenvalue weighted by Gasteiger charge is 2.27. The molecule has 0 saturated heterocycles. The van der Waals surface area contributed by atoms with Gasteiger partial charge in [-0.2, -0.15) is 13.5 Å². The Kier molecular flexibility index (Phi) is 6.36. The molecule has 4 rings (SSSR count). The molecule has 180 valence electrons. The molecule has 0 fully saturated rings. The molecule has 3 heterocycles. The fraction of sp³-hybridized carbons (Fsp3) is 0.318. The van der Waals surface area contributed by atoms with Crippen LogP contribution in [0, 0.1) is 0 Å². The van der Waals surface area contributed by atoms with Crippen molar-refractivity contribution in [3.05, 3.63) is 46.1 Å². The maximum absolute atomic E-state index is 11.4. The maximum Gasteiger partial charge on any atom is 0.267 e. The summed E-state index contributed by atoms with van der Waals surface area (Å²) in [6.07, 6.45) is 0.936. The number of aromatic amines is 1. The lowest BCUT2D eigenvalue weighted by Gasteiger charge is -2.15. The van der Waals surface area contributed by atoms with Crippen LogP contribution in [-0.4, -0.2) is 46.2 Å². The van der Waals surface area contributed by atoms with Gasteiger partial charge in [0.15, 0.2) is 5.82 Å². The van der Waals surface area contributed by atoms with Crippen LogP contribution < -0.4 is 4.74 Å². The molecule has 4 aromatic rings. The standard InChI is InChI=1S/C22H23Cl2N5O4S/c1-22(2,3)19-16(24)18(29(4)28-19)20-25-15-10-14(12-8-6-7-9-13(12)23)26-21(17(15)27-20)32-11-33-34(5,30)31/h6-10H,11H2,1-5H3,(H,25,27). The summed E-state index contributed by atoms with van der Waals surface area (Å²) in [5, 5.41) is 5.55. The van der Waals surface area contributed by atoms with E-state index in [2.05, 4.69) is 15.1 Å². The van der Waals surface area contributed by atoms with Gasteiger partial charge in [0.1, 0.15) is 11.2 Å². The number of pyridine rings is 1. The van der Waals surface area contributed by atoms with Gasteiger partial charge in [-0.15, -0.1) is 0 Å². The molecule has 0 bridgehead atoms. The number of aromatic nitrogens is 5. The number of hydrogen-bond donors (Lipinski definition) is 1. The minimum atomic E-state index is -3.71. The highest BCUT2D eigenvalue weighted by atomic mass is 35.5. The predicted molar refractivity (Wildman–Crippen MR) is 132 cm³/mol. The summed E-state index contributed by atoms with van der Waals surface area (Å²) in [6.45, 7) is 5.52. The van der Waals surface area contributed by atoms with Crippen molar-refractivity contribution >= 4 is 44.4 Å². The third-order valence-electron chi connectivity index (χ3n) is 4.97. The Hall–Kier alpha value is -2.66. The van der Waals surface area contributed by atoms with Gasteiger partial charge in [-0.3, -0.25) is 4.68 Å². The van der Waals surface area contributed by atoms with Crippen LogP contribution in [0.4, 0.5) is 0 Å². The van der Waals surface area contributed by atoms with Crippen LogP contribution in [0.3, 0.4) is 0 Å². The molecule has 34 heavy (non-hydrogen) atoms. The minimum Gasteiger partial charge on any atom is -0.448 e. The van der Waals surface area contributed by atoms with Gasteiger partial charge >= 0.3 is 0 Å². The smallest absolute Gasteiger partial charge is 0.267 e. The zero-order valence-corrected chi connectivity index (χ0v) is 21.5. The number of benzene rings is 1. The van der Waals surface area contributed by atoms with Crippen molar-refractivity contribution in [1.29, 1.82) is 0 Å². The zero-order valence-electron chi connectivity index (χ0n) is 19.2. The Morgan fingerprint density at radius 2 is 1.85 bits per heavy atom. The lowest BCUT2D eigenvalue weighted by molar-refractivity contribution is 0.124. The summed E-state index contributed by atoms with van der Waals surface area (Å²) >= 11 is 13.1. The predicted octanol–water partition coefficient (Wildman–Crippen LogP) is 4.94. The maximum atomic E-state index is 11.4. The monoisotopic (exact) mass is 523 g/mol. The van der Waals surface area contributed by atoms with Gasteiger partial charge in [0.2, 0.25) is 12.7 Å². The van der Waals surface area contributed by atoms with E-state index in [-0.39, 0.29) is 11.3 Å². The summed E-state index contributed by atoms with van der Waals surface area (Å²) in [4.78, 5) is 12.4. The van der Waals surface area contributed by atoms with Crippen molar-refractivity contribution in [2.45, 2.75) is 26.2 Å². The molecule has 0 unspecified atom stereocenters. The normalized spacial score (nSPS) is 12.4. The average molecular weight is 524 g/mol. The lowest BCUT2D eigenvalue weighted by Crippen LogP contribution is -2.12. The van der Waals surface area contributed by atoms with E-state index in [0.717, 1.165) is 11.9 Å². The zero-order chi connectivity index (χ0) is 24.8. The van der Waals surface area contributed by atoms with Crippen LogP contribution in [0.25, 0.3) is 33.8 Å². The number of H-pyrrole nitrogens is 1. The summed E-state index contributed by atoms with van der Waals surface area (Å²) in [7, 11) is -1.92. The number of hydrogen-bond acceptors (Lipinski definition) is 7. The highest BCUT2D eigenvalue weighted by molar-refractivity contribution is 7.85. The number of halogens is 2. The summed E-state index contributed by atoms with van der Waals surface area (Å²) in [5.41, 5.74) is 3.19. The molecule has 0 aliphatic rings. The van der Waals surface area contributed by atoms with Crippen molar-refractivity contribution < 1.29 is 17.3 Å². The number of fused-ring (bicyclic) bond motifs is 1. The fourth-order valence-electron chi connectivity index (χ4n) is 3.41. The third-order valence-corrected chi connectivity index (χ3v) is 6.18. The van der Waals surface area contributed by atoms with Crippen LogP contribution >= 0.6 is 23.2 Å². The molecule has 1 aromatic carbocycles. The highest BCUT2D eigenvalue weighted by Crippen LogP contribution is 2.38. The second-order valence-corrected chi connectivity index (χ2v) is 11.2. The van der Waals surface area contributed by atoms with E-state index in [0.29, 0.717) is 43.9 Å². The van der Waals surface area contributed by atoms with Gasteiger partial charge < -0.3 is 9.72 Å². The Labute approximate surface area is 207 Å². The molecule has 0 spiro atoms. The van der Waals surface area contributed by atoms with Crippen molar-refractivity contribution in [3.63, 3.8) is 0 Å². The van der Waals surface area contributed by atoms with Crippen LogP contribution in [0.5, 0.6) is 5.88 Å². The van der Waals surface area contributed by atoms with E-state index < -0.39 is 16.9 Å². The first-order valence-electron chi connectivity index (χ1n) is 10.2. The van der Waals surface area contributed by atoms with E-state index in [1.165, 1.54) is 0 Å². The summed E-state index contributed by atoms with van der Waals surface area (Å²) in [6, 6.07) is 8.96. The number of aryl methyl sites for hydroxylation is 1. The molecule has 0 saturated carbocycles. The topological polar surface area (TPSA) is 112 Å². The van der Waals surface area contributed by atoms with Crippen LogP contribution in [0.1, 0.15) is 26.5 Å². The van der Waals surface area contributed by atoms with Crippen molar-refractivity contribution in [2.75, 3.05) is 13.0 Å². The van der Waals surface area contributed by atoms with E-state index in [4.69, 9.17) is 37.1 Å². The number of rotatable bonds is 6. The lowest BCUT2D eigenvalue weighted by atomic mass is 9.92. The quantitative estimate of drug-likeness (QED) is 0.281. The van der Waals surface area contributed by atoms with Gasteiger partial charge in [0.05, 0.1) is 28.2 Å². The van der Waals surface area contributed by atoms with Crippen molar-refractivity contribution in [1.82, 2.24) is 24.7 Å². The molecule has 12 heteroatoms. The van der Waals surface area contributed by atoms with E-state index in [1.807, 2.05) is 39.0 Å². The molecule has 3 aromatic heterocycles.